The Labute approximate surface area is 255 Å². The number of hydrogen-bond donors (Lipinski definition) is 2. The van der Waals surface area contributed by atoms with Gasteiger partial charge in [-0.3, -0.25) is 4.79 Å². The Morgan fingerprint density at radius 1 is 1.16 bits per heavy atom. The topological polar surface area (TPSA) is 111 Å². The summed E-state index contributed by atoms with van der Waals surface area (Å²) in [6.45, 7) is 7.82. The number of thioether (sulfide) groups is 1. The van der Waals surface area contributed by atoms with Gasteiger partial charge in [-0.1, -0.05) is 36.9 Å². The maximum atomic E-state index is 12.9. The molecule has 0 unspecified atom stereocenters. The van der Waals surface area contributed by atoms with E-state index in [1.54, 1.807) is 19.1 Å². The van der Waals surface area contributed by atoms with Crippen molar-refractivity contribution in [1.82, 2.24) is 9.88 Å². The number of carbonyl (C=O) groups is 2. The van der Waals surface area contributed by atoms with Gasteiger partial charge in [0.05, 0.1) is 35.4 Å². The SMILES string of the molecule is CCOC(=O)C1=C(O)/C(=C/c2cn(CC(=O)NC[C@H]3CCCO3)c3c(CC)cccc23)SC1=Nc1ccc(OCC)cc1. The molecule has 3 heterocycles. The van der Waals surface area contributed by atoms with E-state index in [-0.39, 0.29) is 36.5 Å². The van der Waals surface area contributed by atoms with Gasteiger partial charge >= 0.3 is 5.97 Å². The number of nitrogens with one attached hydrogen (secondary N) is 1. The van der Waals surface area contributed by atoms with Crippen LogP contribution in [-0.2, 0) is 32.0 Å². The van der Waals surface area contributed by atoms with Crippen LogP contribution >= 0.6 is 11.8 Å². The fourth-order valence-corrected chi connectivity index (χ4v) is 6.29. The number of aliphatic hydroxyl groups is 1. The van der Waals surface area contributed by atoms with Crippen LogP contribution in [0, 0.1) is 0 Å². The first kappa shape index (κ1) is 30.4. The summed E-state index contributed by atoms with van der Waals surface area (Å²) in [6, 6.07) is 13.3. The van der Waals surface area contributed by atoms with Crippen LogP contribution in [0.15, 0.2) is 69.9 Å². The second kappa shape index (κ2) is 14.0. The van der Waals surface area contributed by atoms with Crippen molar-refractivity contribution in [2.45, 2.75) is 52.7 Å². The van der Waals surface area contributed by atoms with Gasteiger partial charge in [-0.15, -0.1) is 0 Å². The van der Waals surface area contributed by atoms with Gasteiger partial charge in [0.2, 0.25) is 5.91 Å². The van der Waals surface area contributed by atoms with Crippen molar-refractivity contribution in [3.05, 3.63) is 76.0 Å². The van der Waals surface area contributed by atoms with E-state index in [0.717, 1.165) is 53.6 Å². The molecule has 9 nitrogen and oxygen atoms in total. The number of benzene rings is 2. The maximum Gasteiger partial charge on any atom is 0.344 e. The average molecular weight is 604 g/mol. The molecule has 2 aliphatic rings. The number of esters is 1. The highest BCUT2D eigenvalue weighted by Gasteiger charge is 2.33. The van der Waals surface area contributed by atoms with Crippen molar-refractivity contribution in [2.24, 2.45) is 4.99 Å². The Balaban J connectivity index is 1.49. The molecule has 3 aromatic rings. The Morgan fingerprint density at radius 2 is 1.98 bits per heavy atom. The smallest absolute Gasteiger partial charge is 0.344 e. The third-order valence-corrected chi connectivity index (χ3v) is 8.31. The molecule has 2 aliphatic heterocycles. The van der Waals surface area contributed by atoms with Crippen LogP contribution in [0.2, 0.25) is 0 Å². The van der Waals surface area contributed by atoms with Gasteiger partial charge in [-0.2, -0.15) is 0 Å². The number of amides is 1. The first-order valence-electron chi connectivity index (χ1n) is 14.7. The standard InChI is InChI=1S/C33H37N3O6S/c1-4-21-9-7-11-26-22(19-36(30(21)26)20-28(37)34-18-25-10-8-16-42-25)17-27-31(38)29(33(39)41-6-3)32(43-27)35-23-12-14-24(15-13-23)40-5-2/h7,9,11-15,17,19,25,38H,4-6,8,10,16,18,20H2,1-3H3,(H,34,37)/b27-17-,35-32?/t25-/m1/s1. The van der Waals surface area contributed by atoms with E-state index in [4.69, 9.17) is 14.2 Å². The molecule has 2 N–H and O–H groups in total. The number of aliphatic imine (C=N–C) groups is 1. The molecular formula is C33H37N3O6S. The molecule has 10 heteroatoms. The van der Waals surface area contributed by atoms with Gasteiger partial charge in [-0.25, -0.2) is 9.79 Å². The van der Waals surface area contributed by atoms with E-state index < -0.39 is 5.97 Å². The third kappa shape index (κ3) is 6.97. The molecule has 1 saturated heterocycles. The molecule has 0 spiro atoms. The fourth-order valence-electron chi connectivity index (χ4n) is 5.27. The molecule has 1 atom stereocenters. The van der Waals surface area contributed by atoms with E-state index in [2.05, 4.69) is 23.3 Å². The molecular weight excluding hydrogens is 566 g/mol. The summed E-state index contributed by atoms with van der Waals surface area (Å²) in [5.74, 6) is -0.197. The quantitative estimate of drug-likeness (QED) is 0.255. The molecule has 5 rings (SSSR count). The zero-order valence-electron chi connectivity index (χ0n) is 24.7. The lowest BCUT2D eigenvalue weighted by Gasteiger charge is -2.12. The van der Waals surface area contributed by atoms with Gasteiger partial charge in [-0.05, 0) is 69.0 Å². The molecule has 226 valence electrons. The summed E-state index contributed by atoms with van der Waals surface area (Å²) in [6.07, 6.45) is 6.59. The molecule has 1 amide bonds. The molecule has 1 fully saturated rings. The average Bonchev–Trinajstić information content (AvgIpc) is 3.72. The van der Waals surface area contributed by atoms with Crippen molar-refractivity contribution in [2.75, 3.05) is 26.4 Å². The van der Waals surface area contributed by atoms with E-state index >= 15 is 0 Å². The van der Waals surface area contributed by atoms with Crippen LogP contribution < -0.4 is 10.1 Å². The molecule has 0 saturated carbocycles. The van der Waals surface area contributed by atoms with Crippen molar-refractivity contribution in [3.63, 3.8) is 0 Å². The molecule has 1 aromatic heterocycles. The van der Waals surface area contributed by atoms with Crippen molar-refractivity contribution in [3.8, 4) is 5.75 Å². The number of aliphatic hydroxyl groups excluding tert-OH is 1. The molecule has 0 radical (unpaired) electrons. The van der Waals surface area contributed by atoms with Crippen LogP contribution in [0.5, 0.6) is 5.75 Å². The lowest BCUT2D eigenvalue weighted by molar-refractivity contribution is -0.138. The van der Waals surface area contributed by atoms with Crippen LogP contribution in [0.1, 0.15) is 44.7 Å². The molecule has 2 aromatic carbocycles. The minimum absolute atomic E-state index is 0.0264. The van der Waals surface area contributed by atoms with Gasteiger partial charge in [0.1, 0.15) is 28.7 Å². The number of fused-ring (bicyclic) bond motifs is 1. The van der Waals surface area contributed by atoms with Crippen molar-refractivity contribution >= 4 is 51.3 Å². The number of aromatic nitrogens is 1. The number of nitrogens with zero attached hydrogens (tertiary/aromatic N) is 2. The summed E-state index contributed by atoms with van der Waals surface area (Å²) in [4.78, 5) is 31.0. The van der Waals surface area contributed by atoms with Gasteiger partial charge in [0.25, 0.3) is 0 Å². The van der Waals surface area contributed by atoms with Crippen molar-refractivity contribution in [1.29, 1.82) is 0 Å². The minimum atomic E-state index is -0.640. The highest BCUT2D eigenvalue weighted by Crippen LogP contribution is 2.41. The lowest BCUT2D eigenvalue weighted by atomic mass is 10.1. The number of rotatable bonds is 11. The summed E-state index contributed by atoms with van der Waals surface area (Å²) < 4.78 is 18.4. The minimum Gasteiger partial charge on any atom is -0.506 e. The summed E-state index contributed by atoms with van der Waals surface area (Å²) >= 11 is 1.20. The Hall–Kier alpha value is -4.02. The molecule has 43 heavy (non-hydrogen) atoms. The first-order chi connectivity index (χ1) is 20.9. The summed E-state index contributed by atoms with van der Waals surface area (Å²) in [5, 5.41) is 15.6. The van der Waals surface area contributed by atoms with Gasteiger partial charge in [0.15, 0.2) is 0 Å². The van der Waals surface area contributed by atoms with Crippen LogP contribution in [0.25, 0.3) is 17.0 Å². The highest BCUT2D eigenvalue weighted by atomic mass is 32.2. The highest BCUT2D eigenvalue weighted by molar-refractivity contribution is 8.18. The fraction of sp³-hybridized carbons (Fsp3) is 0.364. The van der Waals surface area contributed by atoms with E-state index in [9.17, 15) is 14.7 Å². The molecule has 0 bridgehead atoms. The second-order valence-electron chi connectivity index (χ2n) is 10.2. The summed E-state index contributed by atoms with van der Waals surface area (Å²) in [5.41, 5.74) is 3.53. The largest absolute Gasteiger partial charge is 0.506 e. The summed E-state index contributed by atoms with van der Waals surface area (Å²) in [7, 11) is 0. The number of para-hydroxylation sites is 1. The maximum absolute atomic E-state index is 12.9. The van der Waals surface area contributed by atoms with Crippen LogP contribution in [-0.4, -0.2) is 59.1 Å². The predicted molar refractivity (Wildman–Crippen MR) is 170 cm³/mol. The van der Waals surface area contributed by atoms with E-state index in [1.807, 2.05) is 48.0 Å². The van der Waals surface area contributed by atoms with Crippen LogP contribution in [0.3, 0.4) is 0 Å². The Bertz CT molecular complexity index is 1580. The molecule has 0 aliphatic carbocycles. The van der Waals surface area contributed by atoms with E-state index in [0.29, 0.717) is 28.8 Å². The number of hydrogen-bond acceptors (Lipinski definition) is 8. The first-order valence-corrected chi connectivity index (χ1v) is 15.5. The van der Waals surface area contributed by atoms with Crippen molar-refractivity contribution < 1.29 is 28.9 Å². The van der Waals surface area contributed by atoms with Crippen LogP contribution in [0.4, 0.5) is 5.69 Å². The Morgan fingerprint density at radius 3 is 2.67 bits per heavy atom. The number of aryl methyl sites for hydroxylation is 1. The van der Waals surface area contributed by atoms with E-state index in [1.165, 1.54) is 11.8 Å². The zero-order valence-corrected chi connectivity index (χ0v) is 25.5. The third-order valence-electron chi connectivity index (χ3n) is 7.29. The number of carbonyl (C=O) groups excluding carboxylic acids is 2. The zero-order chi connectivity index (χ0) is 30.3. The normalized spacial score (nSPS) is 18.6. The van der Waals surface area contributed by atoms with Gasteiger partial charge < -0.3 is 29.2 Å². The monoisotopic (exact) mass is 603 g/mol. The van der Waals surface area contributed by atoms with Gasteiger partial charge in [0, 0.05) is 30.3 Å². The number of ether oxygens (including phenoxy) is 3. The Kier molecular flexibility index (Phi) is 9.89. The predicted octanol–water partition coefficient (Wildman–Crippen LogP) is 6.09. The lowest BCUT2D eigenvalue weighted by Crippen LogP contribution is -2.34. The second-order valence-corrected chi connectivity index (χ2v) is 11.2.